The number of hydrogen-bond acceptors (Lipinski definition) is 6. The molecule has 2 aliphatic rings. The molecule has 2 atom stereocenters. The molecule has 1 aromatic carbocycles. The molecule has 0 aliphatic carbocycles. The molecule has 2 aliphatic heterocycles. The monoisotopic (exact) mass is 415 g/mol. The van der Waals surface area contributed by atoms with Crippen LogP contribution in [0.3, 0.4) is 0 Å². The summed E-state index contributed by atoms with van der Waals surface area (Å²) in [6.45, 7) is 1.38. The van der Waals surface area contributed by atoms with E-state index in [1.165, 1.54) is 0 Å². The summed E-state index contributed by atoms with van der Waals surface area (Å²) in [7, 11) is 0. The van der Waals surface area contributed by atoms with Crippen molar-refractivity contribution >= 4 is 17.4 Å². The smallest absolute Gasteiger partial charge is 0.252 e. The van der Waals surface area contributed by atoms with Gasteiger partial charge in [-0.2, -0.15) is 0 Å². The molecule has 0 bridgehead atoms. The first-order valence-electron chi connectivity index (χ1n) is 10.8. The number of anilines is 2. The number of rotatable bonds is 5. The third-order valence-corrected chi connectivity index (χ3v) is 5.80. The summed E-state index contributed by atoms with van der Waals surface area (Å²) in [4.78, 5) is 28.8. The van der Waals surface area contributed by atoms with E-state index in [4.69, 9.17) is 14.7 Å². The molecule has 0 spiro atoms. The van der Waals surface area contributed by atoms with Gasteiger partial charge in [-0.25, -0.2) is 9.97 Å². The van der Waals surface area contributed by atoms with Gasteiger partial charge in [0, 0.05) is 42.9 Å². The van der Waals surface area contributed by atoms with Crippen molar-refractivity contribution in [1.29, 1.82) is 0 Å². The number of para-hydroxylation sites is 1. The second-order valence-corrected chi connectivity index (χ2v) is 7.91. The first-order valence-corrected chi connectivity index (χ1v) is 10.8. The SMILES string of the molecule is O=C([C@H]1CCCO1)N1CCC[C@H]1c1nc(Nc2ccccc2)cc(-c2ccncc2)n1. The Bertz CT molecular complexity index is 1040. The van der Waals surface area contributed by atoms with Gasteiger partial charge in [0.05, 0.1) is 11.7 Å². The summed E-state index contributed by atoms with van der Waals surface area (Å²) in [5.41, 5.74) is 2.72. The number of benzene rings is 1. The average molecular weight is 415 g/mol. The molecule has 7 nitrogen and oxygen atoms in total. The van der Waals surface area contributed by atoms with Gasteiger partial charge in [0.15, 0.2) is 5.82 Å². The van der Waals surface area contributed by atoms with Gasteiger partial charge in [0.2, 0.25) is 0 Å². The molecule has 0 unspecified atom stereocenters. The lowest BCUT2D eigenvalue weighted by Crippen LogP contribution is -2.39. The number of aromatic nitrogens is 3. The molecule has 2 saturated heterocycles. The van der Waals surface area contributed by atoms with Crippen molar-refractivity contribution in [1.82, 2.24) is 19.9 Å². The van der Waals surface area contributed by atoms with Crippen molar-refractivity contribution < 1.29 is 9.53 Å². The molecular formula is C24H25N5O2. The maximum absolute atomic E-state index is 13.1. The number of ether oxygens (including phenoxy) is 1. The van der Waals surface area contributed by atoms with Crippen molar-refractivity contribution in [2.45, 2.75) is 37.8 Å². The highest BCUT2D eigenvalue weighted by molar-refractivity contribution is 5.82. The lowest BCUT2D eigenvalue weighted by atomic mass is 10.1. The van der Waals surface area contributed by atoms with Crippen LogP contribution in [0.15, 0.2) is 60.9 Å². The van der Waals surface area contributed by atoms with Gasteiger partial charge < -0.3 is 15.0 Å². The lowest BCUT2D eigenvalue weighted by molar-refractivity contribution is -0.142. The number of nitrogens with one attached hydrogen (secondary N) is 1. The third-order valence-electron chi connectivity index (χ3n) is 5.80. The molecule has 2 fully saturated rings. The predicted molar refractivity (Wildman–Crippen MR) is 118 cm³/mol. The summed E-state index contributed by atoms with van der Waals surface area (Å²) in [5, 5.41) is 3.38. The van der Waals surface area contributed by atoms with E-state index in [-0.39, 0.29) is 18.1 Å². The summed E-state index contributed by atoms with van der Waals surface area (Å²) in [5.74, 6) is 1.44. The van der Waals surface area contributed by atoms with E-state index in [1.807, 2.05) is 53.4 Å². The Morgan fingerprint density at radius 3 is 2.65 bits per heavy atom. The molecule has 0 radical (unpaired) electrons. The number of amides is 1. The molecule has 1 N–H and O–H groups in total. The van der Waals surface area contributed by atoms with Crippen LogP contribution in [0, 0.1) is 0 Å². The number of carbonyl (C=O) groups is 1. The Balaban J connectivity index is 1.50. The zero-order valence-corrected chi connectivity index (χ0v) is 17.3. The molecule has 1 amide bonds. The zero-order chi connectivity index (χ0) is 21.0. The fraction of sp³-hybridized carbons (Fsp3) is 0.333. The van der Waals surface area contributed by atoms with Gasteiger partial charge in [-0.05, 0) is 49.9 Å². The van der Waals surface area contributed by atoms with Crippen LogP contribution in [-0.4, -0.2) is 45.0 Å². The minimum Gasteiger partial charge on any atom is -0.368 e. The fourth-order valence-corrected chi connectivity index (χ4v) is 4.28. The van der Waals surface area contributed by atoms with E-state index in [1.54, 1.807) is 12.4 Å². The predicted octanol–water partition coefficient (Wildman–Crippen LogP) is 4.12. The van der Waals surface area contributed by atoms with Gasteiger partial charge in [-0.15, -0.1) is 0 Å². The highest BCUT2D eigenvalue weighted by Gasteiger charge is 2.37. The molecule has 0 saturated carbocycles. The first kappa shape index (κ1) is 19.6. The first-order chi connectivity index (χ1) is 15.3. The van der Waals surface area contributed by atoms with Crippen LogP contribution in [0.25, 0.3) is 11.3 Å². The van der Waals surface area contributed by atoms with Crippen LogP contribution in [0.2, 0.25) is 0 Å². The van der Waals surface area contributed by atoms with E-state index in [2.05, 4.69) is 10.3 Å². The number of pyridine rings is 1. The minimum absolute atomic E-state index is 0.0653. The number of likely N-dealkylation sites (tertiary alicyclic amines) is 1. The lowest BCUT2D eigenvalue weighted by Gasteiger charge is -2.26. The van der Waals surface area contributed by atoms with Crippen LogP contribution < -0.4 is 5.32 Å². The summed E-state index contributed by atoms with van der Waals surface area (Å²) >= 11 is 0. The van der Waals surface area contributed by atoms with Crippen LogP contribution in [0.5, 0.6) is 0 Å². The Kier molecular flexibility index (Phi) is 5.58. The molecule has 4 heterocycles. The van der Waals surface area contributed by atoms with Crippen molar-refractivity contribution in [2.24, 2.45) is 0 Å². The van der Waals surface area contributed by atoms with E-state index in [0.29, 0.717) is 24.8 Å². The van der Waals surface area contributed by atoms with Gasteiger partial charge in [-0.1, -0.05) is 18.2 Å². The maximum Gasteiger partial charge on any atom is 0.252 e. The molecule has 31 heavy (non-hydrogen) atoms. The van der Waals surface area contributed by atoms with E-state index < -0.39 is 0 Å². The molecule has 7 heteroatoms. The van der Waals surface area contributed by atoms with Crippen LogP contribution in [0.1, 0.15) is 37.5 Å². The Hall–Kier alpha value is -3.32. The van der Waals surface area contributed by atoms with Crippen molar-refractivity contribution in [3.8, 4) is 11.3 Å². The van der Waals surface area contributed by atoms with Gasteiger partial charge in [0.25, 0.3) is 5.91 Å². The Morgan fingerprint density at radius 1 is 1.03 bits per heavy atom. The third kappa shape index (κ3) is 4.27. The number of carbonyl (C=O) groups excluding carboxylic acids is 1. The Labute approximate surface area is 181 Å². The second kappa shape index (κ2) is 8.81. The molecular weight excluding hydrogens is 390 g/mol. The zero-order valence-electron chi connectivity index (χ0n) is 17.3. The van der Waals surface area contributed by atoms with E-state index in [0.717, 1.165) is 42.6 Å². The van der Waals surface area contributed by atoms with Gasteiger partial charge in [0.1, 0.15) is 11.9 Å². The largest absolute Gasteiger partial charge is 0.368 e. The van der Waals surface area contributed by atoms with E-state index >= 15 is 0 Å². The van der Waals surface area contributed by atoms with Crippen molar-refractivity contribution in [3.63, 3.8) is 0 Å². The van der Waals surface area contributed by atoms with Crippen LogP contribution in [0.4, 0.5) is 11.5 Å². The second-order valence-electron chi connectivity index (χ2n) is 7.91. The van der Waals surface area contributed by atoms with Crippen molar-refractivity contribution in [2.75, 3.05) is 18.5 Å². The summed E-state index contributed by atoms with van der Waals surface area (Å²) < 4.78 is 5.66. The summed E-state index contributed by atoms with van der Waals surface area (Å²) in [6, 6.07) is 15.6. The quantitative estimate of drug-likeness (QED) is 0.675. The minimum atomic E-state index is -0.328. The standard InChI is InChI=1S/C24H25N5O2/c30-24(21-9-5-15-31-21)29-14-4-8-20(29)23-27-19(17-10-12-25-13-11-17)16-22(28-23)26-18-6-2-1-3-7-18/h1-3,6-7,10-13,16,20-21H,4-5,8-9,14-15H2,(H,26,27,28)/t20-,21+/m0/s1. The van der Waals surface area contributed by atoms with Gasteiger partial charge in [-0.3, -0.25) is 9.78 Å². The topological polar surface area (TPSA) is 80.2 Å². The molecule has 3 aromatic rings. The maximum atomic E-state index is 13.1. The van der Waals surface area contributed by atoms with Crippen LogP contribution in [-0.2, 0) is 9.53 Å². The van der Waals surface area contributed by atoms with E-state index in [9.17, 15) is 4.79 Å². The molecule has 158 valence electrons. The Morgan fingerprint density at radius 2 is 1.87 bits per heavy atom. The van der Waals surface area contributed by atoms with Crippen molar-refractivity contribution in [3.05, 3.63) is 66.7 Å². The number of hydrogen-bond donors (Lipinski definition) is 1. The summed E-state index contributed by atoms with van der Waals surface area (Å²) in [6.07, 6.45) is 6.70. The van der Waals surface area contributed by atoms with Crippen LogP contribution >= 0.6 is 0 Å². The molecule has 2 aromatic heterocycles. The van der Waals surface area contributed by atoms with Gasteiger partial charge >= 0.3 is 0 Å². The average Bonchev–Trinajstić information content (AvgIpc) is 3.52. The normalized spacial score (nSPS) is 20.7. The number of nitrogens with zero attached hydrogens (tertiary/aromatic N) is 4. The fourth-order valence-electron chi connectivity index (χ4n) is 4.28. The molecule has 5 rings (SSSR count). The highest BCUT2D eigenvalue weighted by atomic mass is 16.5. The highest BCUT2D eigenvalue weighted by Crippen LogP contribution is 2.34.